The fourth-order valence-corrected chi connectivity index (χ4v) is 5.35. The van der Waals surface area contributed by atoms with E-state index >= 15 is 4.39 Å². The van der Waals surface area contributed by atoms with Gasteiger partial charge in [0.15, 0.2) is 0 Å². The molecule has 1 aliphatic carbocycles. The molecule has 2 fully saturated rings. The molecular weight excluding hydrogens is 407 g/mol. The number of hydrogen-bond donors (Lipinski definition) is 2. The number of phenolic OH excluding ortho intramolecular Hbond substituents is 1. The summed E-state index contributed by atoms with van der Waals surface area (Å²) in [4.78, 5) is 13.3. The van der Waals surface area contributed by atoms with Crippen LogP contribution in [-0.2, 0) is 7.05 Å². The zero-order chi connectivity index (χ0) is 22.2. The molecule has 6 nitrogen and oxygen atoms in total. The maximum absolute atomic E-state index is 15.3. The Morgan fingerprint density at radius 1 is 1.25 bits per heavy atom. The lowest BCUT2D eigenvalue weighted by molar-refractivity contribution is 0.282. The summed E-state index contributed by atoms with van der Waals surface area (Å²) in [5.74, 6) is -0.483. The van der Waals surface area contributed by atoms with Crippen LogP contribution in [0.2, 0.25) is 0 Å². The van der Waals surface area contributed by atoms with E-state index in [1.165, 1.54) is 6.07 Å². The number of aromatic hydroxyl groups is 1. The van der Waals surface area contributed by atoms with E-state index in [0.717, 1.165) is 37.6 Å². The van der Waals surface area contributed by atoms with E-state index in [-0.39, 0.29) is 28.3 Å². The van der Waals surface area contributed by atoms with Gasteiger partial charge in [-0.05, 0) is 74.4 Å². The molecule has 0 amide bonds. The summed E-state index contributed by atoms with van der Waals surface area (Å²) in [7, 11) is 1.82. The monoisotopic (exact) mass is 432 g/mol. The van der Waals surface area contributed by atoms with Crippen LogP contribution in [0.1, 0.15) is 37.3 Å². The summed E-state index contributed by atoms with van der Waals surface area (Å²) in [6.07, 6.45) is 7.74. The molecule has 2 aromatic carbocycles. The molecule has 1 aliphatic heterocycles. The Labute approximate surface area is 184 Å². The number of phenols is 1. The van der Waals surface area contributed by atoms with E-state index in [9.17, 15) is 9.90 Å². The number of nitrogens with zero attached hydrogens (tertiary/aromatic N) is 3. The van der Waals surface area contributed by atoms with Gasteiger partial charge in [-0.1, -0.05) is 0 Å². The lowest BCUT2D eigenvalue weighted by atomic mass is 9.95. The van der Waals surface area contributed by atoms with Crippen molar-refractivity contribution < 1.29 is 9.50 Å². The molecule has 7 heteroatoms. The molecule has 2 aliphatic rings. The van der Waals surface area contributed by atoms with Gasteiger partial charge in [0.05, 0.1) is 10.9 Å². The van der Waals surface area contributed by atoms with Gasteiger partial charge in [0.25, 0.3) is 5.56 Å². The molecule has 1 saturated carbocycles. The van der Waals surface area contributed by atoms with Crippen LogP contribution in [0.25, 0.3) is 32.8 Å². The number of pyridine rings is 1. The fourth-order valence-electron chi connectivity index (χ4n) is 5.35. The van der Waals surface area contributed by atoms with Crippen molar-refractivity contribution in [3.05, 3.63) is 58.4 Å². The molecule has 6 rings (SSSR count). The highest BCUT2D eigenvalue weighted by Crippen LogP contribution is 2.45. The molecule has 0 bridgehead atoms. The van der Waals surface area contributed by atoms with Crippen molar-refractivity contribution in [2.45, 2.75) is 44.2 Å². The largest absolute Gasteiger partial charge is 0.507 e. The SMILES string of the molecule is Cc1c(O)c(-c2cc(F)c3c(=O)n(C4CCNC5(CC5)C4)ccc3c2)cc2cn(C)nc12. The molecule has 2 N–H and O–H groups in total. The van der Waals surface area contributed by atoms with Crippen molar-refractivity contribution in [2.24, 2.45) is 7.05 Å². The Morgan fingerprint density at radius 3 is 2.84 bits per heavy atom. The van der Waals surface area contributed by atoms with Crippen molar-refractivity contribution in [1.82, 2.24) is 19.7 Å². The van der Waals surface area contributed by atoms with Crippen molar-refractivity contribution in [3.8, 4) is 16.9 Å². The minimum Gasteiger partial charge on any atom is -0.507 e. The number of fused-ring (bicyclic) bond motifs is 2. The molecule has 1 spiro atoms. The summed E-state index contributed by atoms with van der Waals surface area (Å²) in [5.41, 5.74) is 2.33. The summed E-state index contributed by atoms with van der Waals surface area (Å²) >= 11 is 0. The number of halogens is 1. The van der Waals surface area contributed by atoms with Crippen LogP contribution >= 0.6 is 0 Å². The van der Waals surface area contributed by atoms with Gasteiger partial charge in [-0.3, -0.25) is 9.48 Å². The number of aryl methyl sites for hydroxylation is 2. The summed E-state index contributed by atoms with van der Waals surface area (Å²) < 4.78 is 18.7. The third-order valence-electron chi connectivity index (χ3n) is 7.27. The highest BCUT2D eigenvalue weighted by molar-refractivity contribution is 5.94. The summed E-state index contributed by atoms with van der Waals surface area (Å²) in [5, 5.41) is 20.3. The van der Waals surface area contributed by atoms with E-state index in [1.807, 2.05) is 25.4 Å². The summed E-state index contributed by atoms with van der Waals surface area (Å²) in [6, 6.07) is 6.87. The van der Waals surface area contributed by atoms with Gasteiger partial charge in [-0.15, -0.1) is 0 Å². The average Bonchev–Trinajstić information content (AvgIpc) is 3.39. The van der Waals surface area contributed by atoms with Crippen molar-refractivity contribution in [3.63, 3.8) is 0 Å². The van der Waals surface area contributed by atoms with Crippen LogP contribution in [0.5, 0.6) is 5.75 Å². The second-order valence-corrected chi connectivity index (χ2v) is 9.44. The molecule has 164 valence electrons. The number of hydrogen-bond acceptors (Lipinski definition) is 4. The van der Waals surface area contributed by atoms with Crippen LogP contribution in [0.3, 0.4) is 0 Å². The second kappa shape index (κ2) is 6.65. The molecule has 1 atom stereocenters. The van der Waals surface area contributed by atoms with Crippen molar-refractivity contribution in [2.75, 3.05) is 6.54 Å². The predicted octanol–water partition coefficient (Wildman–Crippen LogP) is 4.17. The van der Waals surface area contributed by atoms with Gasteiger partial charge in [0.1, 0.15) is 11.6 Å². The Bertz CT molecular complexity index is 1460. The van der Waals surface area contributed by atoms with Gasteiger partial charge in [-0.2, -0.15) is 5.10 Å². The van der Waals surface area contributed by atoms with Crippen LogP contribution in [0.4, 0.5) is 4.39 Å². The Hall–Kier alpha value is -3.19. The van der Waals surface area contributed by atoms with Crippen molar-refractivity contribution >= 4 is 21.7 Å². The number of rotatable bonds is 2. The molecule has 1 saturated heterocycles. The molecule has 0 radical (unpaired) electrons. The van der Waals surface area contributed by atoms with Gasteiger partial charge < -0.3 is 15.0 Å². The van der Waals surface area contributed by atoms with Crippen molar-refractivity contribution in [1.29, 1.82) is 0 Å². The molecule has 3 heterocycles. The summed E-state index contributed by atoms with van der Waals surface area (Å²) in [6.45, 7) is 2.68. The third kappa shape index (κ3) is 2.88. The van der Waals surface area contributed by atoms with Gasteiger partial charge in [0.2, 0.25) is 0 Å². The smallest absolute Gasteiger partial charge is 0.261 e. The fraction of sp³-hybridized carbons (Fsp3) is 0.360. The molecule has 4 aromatic rings. The first-order valence-corrected chi connectivity index (χ1v) is 11.1. The van der Waals surface area contributed by atoms with Crippen LogP contribution in [0, 0.1) is 12.7 Å². The first-order chi connectivity index (χ1) is 15.3. The standard InChI is InChI=1S/C25H25FN4O2/c1-14-22-17(13-29(2)28-22)10-19(23(14)31)16-9-15-4-8-30(24(32)21(15)20(26)11-16)18-3-7-27-25(12-18)5-6-25/h4,8-11,13,18,27,31H,3,5-7,12H2,1-2H3. The van der Waals surface area contributed by atoms with Gasteiger partial charge in [0, 0.05) is 47.5 Å². The van der Waals surface area contributed by atoms with E-state index in [2.05, 4.69) is 10.4 Å². The van der Waals surface area contributed by atoms with E-state index in [1.54, 1.807) is 28.4 Å². The zero-order valence-corrected chi connectivity index (χ0v) is 18.2. The maximum Gasteiger partial charge on any atom is 0.261 e. The van der Waals surface area contributed by atoms with Gasteiger partial charge in [-0.25, -0.2) is 4.39 Å². The van der Waals surface area contributed by atoms with Crippen LogP contribution in [0.15, 0.2) is 41.5 Å². The minimum atomic E-state index is -0.560. The molecule has 1 unspecified atom stereocenters. The van der Waals surface area contributed by atoms with Crippen LogP contribution < -0.4 is 10.9 Å². The highest BCUT2D eigenvalue weighted by atomic mass is 19.1. The first kappa shape index (κ1) is 19.5. The Morgan fingerprint density at radius 2 is 2.06 bits per heavy atom. The predicted molar refractivity (Wildman–Crippen MR) is 123 cm³/mol. The number of piperidine rings is 1. The Balaban J connectivity index is 1.48. The number of aromatic nitrogens is 3. The van der Waals surface area contributed by atoms with Gasteiger partial charge >= 0.3 is 0 Å². The lowest BCUT2D eigenvalue weighted by Gasteiger charge is -2.31. The van der Waals surface area contributed by atoms with E-state index < -0.39 is 5.82 Å². The quantitative estimate of drug-likeness (QED) is 0.499. The van der Waals surface area contributed by atoms with E-state index in [4.69, 9.17) is 0 Å². The first-order valence-electron chi connectivity index (χ1n) is 11.1. The molecular formula is C25H25FN4O2. The Kier molecular flexibility index (Phi) is 4.05. The molecule has 32 heavy (non-hydrogen) atoms. The third-order valence-corrected chi connectivity index (χ3v) is 7.27. The number of nitrogens with one attached hydrogen (secondary N) is 1. The average molecular weight is 432 g/mol. The van der Waals surface area contributed by atoms with Crippen LogP contribution in [-0.4, -0.2) is 31.5 Å². The minimum absolute atomic E-state index is 0.0766. The normalized spacial score (nSPS) is 19.8. The maximum atomic E-state index is 15.3. The number of benzene rings is 2. The highest BCUT2D eigenvalue weighted by Gasteiger charge is 2.46. The van der Waals surface area contributed by atoms with E-state index in [0.29, 0.717) is 27.6 Å². The molecule has 2 aromatic heterocycles. The topological polar surface area (TPSA) is 72.1 Å². The zero-order valence-electron chi connectivity index (χ0n) is 18.2. The second-order valence-electron chi connectivity index (χ2n) is 9.44. The lowest BCUT2D eigenvalue weighted by Crippen LogP contribution is -2.42.